The topological polar surface area (TPSA) is 9.23 Å². The molecule has 0 spiro atoms. The first-order valence-corrected chi connectivity index (χ1v) is 5.81. The lowest BCUT2D eigenvalue weighted by Crippen LogP contribution is -2.73. The van der Waals surface area contributed by atoms with Crippen LogP contribution in [0, 0.1) is 0 Å². The van der Waals surface area contributed by atoms with Crippen LogP contribution in [-0.4, -0.2) is 53.9 Å². The van der Waals surface area contributed by atoms with Gasteiger partial charge < -0.3 is 4.74 Å². The van der Waals surface area contributed by atoms with E-state index in [-0.39, 0.29) is 7.11 Å². The van der Waals surface area contributed by atoms with Crippen molar-refractivity contribution in [3.8, 4) is 0 Å². The Morgan fingerprint density at radius 2 is 0.808 bits per heavy atom. The van der Waals surface area contributed by atoms with Crippen molar-refractivity contribution in [3.05, 3.63) is 0 Å². The molecule has 0 fully saturated rings. The van der Waals surface area contributed by atoms with E-state index in [0.29, 0.717) is 0 Å². The first kappa shape index (κ1) is 24.8. The van der Waals surface area contributed by atoms with Crippen LogP contribution in [-0.2, 0) is 4.74 Å². The summed E-state index contributed by atoms with van der Waals surface area (Å²) in [5.41, 5.74) is 0. The molecule has 0 aromatic carbocycles. The van der Waals surface area contributed by atoms with E-state index < -0.39 is 46.8 Å². The van der Waals surface area contributed by atoms with Gasteiger partial charge in [-0.2, -0.15) is 65.9 Å². The molecule has 0 aliphatic heterocycles. The van der Waals surface area contributed by atoms with Crippen LogP contribution in [0.3, 0.4) is 0 Å². The summed E-state index contributed by atoms with van der Waals surface area (Å²) < 4.78 is 194. The van der Waals surface area contributed by atoms with Gasteiger partial charge >= 0.3 is 41.7 Å². The van der Waals surface area contributed by atoms with E-state index in [9.17, 15) is 65.9 Å². The SMILES string of the molecule is COC(=S)C(F)(F)C(F)(F)C(F)(F)C(F)(F)C(F)(F)C(F)(F)C(F)(F)F. The lowest BCUT2D eigenvalue weighted by molar-refractivity contribution is -0.448. The summed E-state index contributed by atoms with van der Waals surface area (Å²) in [6, 6.07) is 0. The number of hydrogen-bond acceptors (Lipinski definition) is 2. The van der Waals surface area contributed by atoms with Gasteiger partial charge in [-0.1, -0.05) is 0 Å². The lowest BCUT2D eigenvalue weighted by atomic mass is 9.91. The molecule has 0 saturated carbocycles. The predicted octanol–water partition coefficient (Wildman–Crippen LogP) is 5.33. The fourth-order valence-electron chi connectivity index (χ4n) is 1.22. The maximum atomic E-state index is 13.1. The van der Waals surface area contributed by atoms with Crippen molar-refractivity contribution < 1.29 is 70.6 Å². The Kier molecular flexibility index (Phi) is 5.91. The van der Waals surface area contributed by atoms with Gasteiger partial charge in [0.25, 0.3) is 0 Å². The van der Waals surface area contributed by atoms with Crippen LogP contribution in [0.25, 0.3) is 0 Å². The fourth-order valence-corrected chi connectivity index (χ4v) is 1.35. The summed E-state index contributed by atoms with van der Waals surface area (Å²) in [5, 5.41) is -2.86. The van der Waals surface area contributed by atoms with Crippen molar-refractivity contribution in [1.82, 2.24) is 0 Å². The molecule has 0 aromatic heterocycles. The zero-order valence-corrected chi connectivity index (χ0v) is 12.3. The Labute approximate surface area is 138 Å². The third-order valence-corrected chi connectivity index (χ3v) is 3.19. The van der Waals surface area contributed by atoms with Crippen molar-refractivity contribution in [2.45, 2.75) is 41.7 Å². The molecule has 0 atom stereocenters. The molecule has 17 heteroatoms. The molecule has 0 bridgehead atoms. The minimum atomic E-state index is -8.32. The van der Waals surface area contributed by atoms with E-state index in [0.717, 1.165) is 0 Å². The Hall–Kier alpha value is -1.16. The second kappa shape index (κ2) is 6.19. The molecule has 0 heterocycles. The van der Waals surface area contributed by atoms with Gasteiger partial charge in [0, 0.05) is 0 Å². The van der Waals surface area contributed by atoms with Crippen molar-refractivity contribution in [3.63, 3.8) is 0 Å². The smallest absolute Gasteiger partial charge is 0.460 e. The van der Waals surface area contributed by atoms with Crippen molar-refractivity contribution in [2.24, 2.45) is 0 Å². The van der Waals surface area contributed by atoms with Gasteiger partial charge in [-0.3, -0.25) is 0 Å². The lowest BCUT2D eigenvalue weighted by Gasteiger charge is -2.41. The molecule has 0 N–H and O–H groups in total. The Bertz CT molecular complexity index is 548. The largest absolute Gasteiger partial charge is 0.485 e. The highest BCUT2D eigenvalue weighted by Gasteiger charge is 2.93. The molecular weight excluding hydrogens is 441 g/mol. The quantitative estimate of drug-likeness (QED) is 0.405. The summed E-state index contributed by atoms with van der Waals surface area (Å²) in [6.07, 6.45) is -7.63. The highest BCUT2D eigenvalue weighted by atomic mass is 32.1. The molecule has 0 unspecified atom stereocenters. The van der Waals surface area contributed by atoms with E-state index in [2.05, 4.69) is 17.0 Å². The molecule has 0 amide bonds. The van der Waals surface area contributed by atoms with E-state index in [1.165, 1.54) is 0 Å². The van der Waals surface area contributed by atoms with Crippen LogP contribution < -0.4 is 0 Å². The van der Waals surface area contributed by atoms with Crippen LogP contribution >= 0.6 is 12.2 Å². The van der Waals surface area contributed by atoms with Gasteiger partial charge in [-0.15, -0.1) is 0 Å². The van der Waals surface area contributed by atoms with E-state index in [1.54, 1.807) is 0 Å². The summed E-state index contributed by atoms with van der Waals surface area (Å²) in [4.78, 5) is 0. The fraction of sp³-hybridized carbons (Fsp3) is 0.889. The molecule has 0 aliphatic rings. The van der Waals surface area contributed by atoms with Gasteiger partial charge in [-0.05, 0) is 12.2 Å². The van der Waals surface area contributed by atoms with Crippen molar-refractivity contribution in [1.29, 1.82) is 0 Å². The number of alkyl halides is 15. The number of hydrogen-bond donors (Lipinski definition) is 0. The first-order valence-electron chi connectivity index (χ1n) is 5.40. The minimum Gasteiger partial charge on any atom is -0.485 e. The van der Waals surface area contributed by atoms with E-state index >= 15 is 0 Å². The molecule has 0 radical (unpaired) electrons. The van der Waals surface area contributed by atoms with E-state index in [4.69, 9.17) is 0 Å². The van der Waals surface area contributed by atoms with E-state index in [1.807, 2.05) is 0 Å². The van der Waals surface area contributed by atoms with Gasteiger partial charge in [-0.25, -0.2) is 0 Å². The maximum absolute atomic E-state index is 13.1. The molecule has 26 heavy (non-hydrogen) atoms. The standard InChI is InChI=1S/C9H3F15OS/c1-25-2(26)3(10,11)4(12,13)5(14,15)6(16,17)7(18,19)8(20,21)9(22,23)24/h1H3. The van der Waals surface area contributed by atoms with Crippen molar-refractivity contribution in [2.75, 3.05) is 7.11 Å². The van der Waals surface area contributed by atoms with Crippen molar-refractivity contribution >= 4 is 17.3 Å². The minimum absolute atomic E-state index is 0.0367. The molecule has 156 valence electrons. The van der Waals surface area contributed by atoms with Gasteiger partial charge in [0.2, 0.25) is 5.05 Å². The first-order chi connectivity index (χ1) is 11.0. The zero-order chi connectivity index (χ0) is 21.8. The second-order valence-electron chi connectivity index (χ2n) is 4.44. The normalized spacial score (nSPS) is 15.8. The molecule has 0 aliphatic carbocycles. The summed E-state index contributed by atoms with van der Waals surface area (Å²) >= 11 is 3.31. The van der Waals surface area contributed by atoms with Crippen LogP contribution in [0.5, 0.6) is 0 Å². The maximum Gasteiger partial charge on any atom is 0.460 e. The Balaban J connectivity index is 6.56. The number of methoxy groups -OCH3 is 1. The van der Waals surface area contributed by atoms with Gasteiger partial charge in [0.05, 0.1) is 7.11 Å². The van der Waals surface area contributed by atoms with Crippen LogP contribution in [0.4, 0.5) is 65.9 Å². The third kappa shape index (κ3) is 2.94. The molecular formula is C9H3F15OS. The number of ether oxygens (including phenoxy) is 1. The monoisotopic (exact) mass is 444 g/mol. The van der Waals surface area contributed by atoms with Gasteiger partial charge in [0.1, 0.15) is 0 Å². The number of thiocarbonyl (C=S) groups is 1. The number of halogens is 15. The summed E-state index contributed by atoms with van der Waals surface area (Å²) in [7, 11) is 0.0367. The average molecular weight is 444 g/mol. The summed E-state index contributed by atoms with van der Waals surface area (Å²) in [5.74, 6) is -47.1. The van der Waals surface area contributed by atoms with Gasteiger partial charge in [0.15, 0.2) is 0 Å². The second-order valence-corrected chi connectivity index (χ2v) is 4.81. The molecule has 1 nitrogen and oxygen atoms in total. The van der Waals surface area contributed by atoms with Crippen LogP contribution in [0.2, 0.25) is 0 Å². The molecule has 0 rings (SSSR count). The third-order valence-electron chi connectivity index (χ3n) is 2.77. The zero-order valence-electron chi connectivity index (χ0n) is 11.5. The van der Waals surface area contributed by atoms with Crippen LogP contribution in [0.1, 0.15) is 0 Å². The number of rotatable bonds is 6. The highest BCUT2D eigenvalue weighted by Crippen LogP contribution is 2.62. The summed E-state index contributed by atoms with van der Waals surface area (Å²) in [6.45, 7) is 0. The Morgan fingerprint density at radius 1 is 0.538 bits per heavy atom. The highest BCUT2D eigenvalue weighted by molar-refractivity contribution is 7.80. The average Bonchev–Trinajstić information content (AvgIpc) is 2.43. The Morgan fingerprint density at radius 3 is 1.08 bits per heavy atom. The molecule has 0 aromatic rings. The molecule has 0 saturated heterocycles. The predicted molar refractivity (Wildman–Crippen MR) is 55.3 cm³/mol. The van der Waals surface area contributed by atoms with Crippen LogP contribution in [0.15, 0.2) is 0 Å².